The number of aromatic carboxylic acids is 1. The third-order valence-corrected chi connectivity index (χ3v) is 2.42. The lowest BCUT2D eigenvalue weighted by molar-refractivity contribution is 0.0696. The molecule has 86 valence electrons. The Hall–Kier alpha value is -1.56. The van der Waals surface area contributed by atoms with E-state index < -0.39 is 12.1 Å². The van der Waals surface area contributed by atoms with E-state index in [2.05, 4.69) is 26.0 Å². The molecule has 16 heavy (non-hydrogen) atoms. The molecule has 0 unspecified atom stereocenters. The van der Waals surface area contributed by atoms with Crippen LogP contribution in [0.3, 0.4) is 0 Å². The van der Waals surface area contributed by atoms with Crippen LogP contribution in [0.2, 0.25) is 0 Å². The summed E-state index contributed by atoms with van der Waals surface area (Å²) < 4.78 is 5.27. The molecule has 1 rings (SSSR count). The first-order chi connectivity index (χ1) is 7.54. The first kappa shape index (κ1) is 12.5. The zero-order chi connectivity index (χ0) is 12.1. The highest BCUT2D eigenvalue weighted by Gasteiger charge is 2.09. The maximum absolute atomic E-state index is 11.1. The predicted molar refractivity (Wildman–Crippen MR) is 61.7 cm³/mol. The Balaban J connectivity index is 2.90. The molecule has 0 fully saturated rings. The molecule has 1 aromatic rings. The number of amides is 1. The van der Waals surface area contributed by atoms with Gasteiger partial charge in [-0.2, -0.15) is 0 Å². The van der Waals surface area contributed by atoms with Crippen LogP contribution in [0.25, 0.3) is 0 Å². The number of benzene rings is 1. The van der Waals surface area contributed by atoms with Crippen LogP contribution in [0.1, 0.15) is 17.3 Å². The van der Waals surface area contributed by atoms with Crippen molar-refractivity contribution < 1.29 is 19.4 Å². The molecule has 0 saturated heterocycles. The molecule has 2 N–H and O–H groups in total. The third-order valence-electron chi connectivity index (χ3n) is 1.73. The summed E-state index contributed by atoms with van der Waals surface area (Å²) in [5, 5.41) is 11.2. The molecule has 0 radical (unpaired) electrons. The number of carbonyl (C=O) groups excluding carboxylic acids is 1. The molecule has 0 saturated carbocycles. The molecule has 0 spiro atoms. The standard InChI is InChI=1S/C10H10BrNO4/c1-2-16-10(15)12-8-5-6(9(13)14)3-4-7(8)11/h3-5H,2H2,1H3,(H,12,15)(H,13,14). The minimum absolute atomic E-state index is 0.0926. The van der Waals surface area contributed by atoms with E-state index in [0.717, 1.165) is 0 Å². The molecule has 0 atom stereocenters. The highest BCUT2D eigenvalue weighted by Crippen LogP contribution is 2.23. The molecule has 0 aromatic heterocycles. The summed E-state index contributed by atoms with van der Waals surface area (Å²) in [7, 11) is 0. The van der Waals surface area contributed by atoms with Gasteiger partial charge in [0.1, 0.15) is 0 Å². The second-order valence-corrected chi connectivity index (χ2v) is 3.70. The Bertz CT molecular complexity index is 419. The topological polar surface area (TPSA) is 75.6 Å². The average Bonchev–Trinajstić information content (AvgIpc) is 2.21. The van der Waals surface area contributed by atoms with E-state index >= 15 is 0 Å². The molecule has 0 aliphatic carbocycles. The monoisotopic (exact) mass is 287 g/mol. The zero-order valence-corrected chi connectivity index (χ0v) is 10.1. The lowest BCUT2D eigenvalue weighted by atomic mass is 10.2. The van der Waals surface area contributed by atoms with Gasteiger partial charge >= 0.3 is 12.1 Å². The molecule has 0 aliphatic heterocycles. The lowest BCUT2D eigenvalue weighted by Crippen LogP contribution is -2.14. The Morgan fingerprint density at radius 2 is 2.19 bits per heavy atom. The van der Waals surface area contributed by atoms with E-state index in [1.54, 1.807) is 13.0 Å². The average molecular weight is 288 g/mol. The zero-order valence-electron chi connectivity index (χ0n) is 8.49. The molecule has 6 heteroatoms. The van der Waals surface area contributed by atoms with Crippen LogP contribution in [-0.4, -0.2) is 23.8 Å². The summed E-state index contributed by atoms with van der Waals surface area (Å²) >= 11 is 3.20. The summed E-state index contributed by atoms with van der Waals surface area (Å²) in [5.74, 6) is -1.06. The fraction of sp³-hybridized carbons (Fsp3) is 0.200. The predicted octanol–water partition coefficient (Wildman–Crippen LogP) is 2.72. The molecule has 0 aliphatic rings. The summed E-state index contributed by atoms with van der Waals surface area (Å²) in [6, 6.07) is 4.33. The van der Waals surface area contributed by atoms with Crippen LogP contribution >= 0.6 is 15.9 Å². The SMILES string of the molecule is CCOC(=O)Nc1cc(C(=O)O)ccc1Br. The first-order valence-corrected chi connectivity index (χ1v) is 5.30. The van der Waals surface area contributed by atoms with Gasteiger partial charge in [0.15, 0.2) is 0 Å². The Morgan fingerprint density at radius 3 is 2.75 bits per heavy atom. The molecule has 1 aromatic carbocycles. The van der Waals surface area contributed by atoms with Crippen molar-refractivity contribution in [2.75, 3.05) is 11.9 Å². The molecule has 5 nitrogen and oxygen atoms in total. The number of hydrogen-bond acceptors (Lipinski definition) is 3. The van der Waals surface area contributed by atoms with Gasteiger partial charge in [-0.1, -0.05) is 0 Å². The molecule has 0 bridgehead atoms. The van der Waals surface area contributed by atoms with E-state index in [-0.39, 0.29) is 12.2 Å². The number of carboxylic acid groups (broad SMARTS) is 1. The number of rotatable bonds is 3. The van der Waals surface area contributed by atoms with E-state index in [9.17, 15) is 9.59 Å². The van der Waals surface area contributed by atoms with Gasteiger partial charge < -0.3 is 9.84 Å². The summed E-state index contributed by atoms with van der Waals surface area (Å²) in [5.41, 5.74) is 0.452. The van der Waals surface area contributed by atoms with E-state index in [1.165, 1.54) is 12.1 Å². The summed E-state index contributed by atoms with van der Waals surface area (Å²) in [4.78, 5) is 21.9. The van der Waals surface area contributed by atoms with Gasteiger partial charge in [0.2, 0.25) is 0 Å². The van der Waals surface area contributed by atoms with E-state index in [0.29, 0.717) is 10.2 Å². The second kappa shape index (κ2) is 5.50. The van der Waals surface area contributed by atoms with Crippen LogP contribution in [0.4, 0.5) is 10.5 Å². The van der Waals surface area contributed by atoms with Crippen molar-refractivity contribution in [3.05, 3.63) is 28.2 Å². The maximum atomic E-state index is 11.1. The molecular formula is C10H10BrNO4. The normalized spacial score (nSPS) is 9.62. The van der Waals surface area contributed by atoms with Gasteiger partial charge in [-0.3, -0.25) is 5.32 Å². The van der Waals surface area contributed by atoms with Crippen molar-refractivity contribution in [2.45, 2.75) is 6.92 Å². The molecule has 1 amide bonds. The summed E-state index contributed by atoms with van der Waals surface area (Å²) in [6.07, 6.45) is -0.620. The van der Waals surface area contributed by atoms with Crippen LogP contribution in [0, 0.1) is 0 Å². The minimum atomic E-state index is -1.06. The molecular weight excluding hydrogens is 278 g/mol. The number of hydrogen-bond donors (Lipinski definition) is 2. The summed E-state index contributed by atoms with van der Waals surface area (Å²) in [6.45, 7) is 1.93. The van der Waals surface area contributed by atoms with Crippen LogP contribution in [0.15, 0.2) is 22.7 Å². The van der Waals surface area contributed by atoms with Crippen molar-refractivity contribution >= 4 is 33.7 Å². The quantitative estimate of drug-likeness (QED) is 0.896. The second-order valence-electron chi connectivity index (χ2n) is 2.85. The number of anilines is 1. The van der Waals surface area contributed by atoms with Crippen molar-refractivity contribution in [1.29, 1.82) is 0 Å². The van der Waals surface area contributed by atoms with Crippen molar-refractivity contribution in [3.8, 4) is 0 Å². The van der Waals surface area contributed by atoms with Crippen molar-refractivity contribution in [1.82, 2.24) is 0 Å². The van der Waals surface area contributed by atoms with Gasteiger partial charge in [-0.05, 0) is 41.1 Å². The van der Waals surface area contributed by atoms with Gasteiger partial charge in [0, 0.05) is 4.47 Å². The first-order valence-electron chi connectivity index (χ1n) is 4.51. The number of ether oxygens (including phenoxy) is 1. The minimum Gasteiger partial charge on any atom is -0.478 e. The molecule has 0 heterocycles. The number of carbonyl (C=O) groups is 2. The largest absolute Gasteiger partial charge is 0.478 e. The number of nitrogens with one attached hydrogen (secondary N) is 1. The fourth-order valence-electron chi connectivity index (χ4n) is 1.03. The van der Waals surface area contributed by atoms with Gasteiger partial charge in [0.25, 0.3) is 0 Å². The fourth-order valence-corrected chi connectivity index (χ4v) is 1.38. The Kier molecular flexibility index (Phi) is 4.30. The Labute approximate surface area is 101 Å². The van der Waals surface area contributed by atoms with Gasteiger partial charge in [-0.25, -0.2) is 9.59 Å². The van der Waals surface area contributed by atoms with Crippen LogP contribution in [0.5, 0.6) is 0 Å². The lowest BCUT2D eigenvalue weighted by Gasteiger charge is -2.07. The van der Waals surface area contributed by atoms with Gasteiger partial charge in [0.05, 0.1) is 17.9 Å². The van der Waals surface area contributed by atoms with Crippen LogP contribution < -0.4 is 5.32 Å². The van der Waals surface area contributed by atoms with Crippen molar-refractivity contribution in [2.24, 2.45) is 0 Å². The third kappa shape index (κ3) is 3.23. The van der Waals surface area contributed by atoms with E-state index in [1.807, 2.05) is 0 Å². The number of halogens is 1. The maximum Gasteiger partial charge on any atom is 0.411 e. The van der Waals surface area contributed by atoms with Crippen LogP contribution in [-0.2, 0) is 4.74 Å². The number of carboxylic acids is 1. The van der Waals surface area contributed by atoms with Crippen molar-refractivity contribution in [3.63, 3.8) is 0 Å². The Morgan fingerprint density at radius 1 is 1.50 bits per heavy atom. The highest BCUT2D eigenvalue weighted by molar-refractivity contribution is 9.10. The van der Waals surface area contributed by atoms with Gasteiger partial charge in [-0.15, -0.1) is 0 Å². The highest BCUT2D eigenvalue weighted by atomic mass is 79.9. The smallest absolute Gasteiger partial charge is 0.411 e. The van der Waals surface area contributed by atoms with E-state index in [4.69, 9.17) is 5.11 Å².